The second-order valence-corrected chi connectivity index (χ2v) is 11.4. The van der Waals surface area contributed by atoms with Crippen LogP contribution in [0, 0.1) is 5.92 Å². The average molecular weight is 455 g/mol. The average Bonchev–Trinajstić information content (AvgIpc) is 3.34. The Labute approximate surface area is 194 Å². The van der Waals surface area contributed by atoms with Crippen molar-refractivity contribution in [1.82, 2.24) is 0 Å². The second kappa shape index (κ2) is 10.8. The molecule has 1 aliphatic rings. The number of unbranched alkanes of at least 4 members (excludes halogenated alkanes) is 2. The summed E-state index contributed by atoms with van der Waals surface area (Å²) in [5.74, 6) is 1.99. The quantitative estimate of drug-likeness (QED) is 0.183. The van der Waals surface area contributed by atoms with Crippen LogP contribution in [0.25, 0.3) is 9.40 Å². The van der Waals surface area contributed by atoms with E-state index in [1.165, 1.54) is 77.6 Å². The fourth-order valence-electron chi connectivity index (χ4n) is 4.82. The summed E-state index contributed by atoms with van der Waals surface area (Å²) in [5.41, 5.74) is 1.39. The number of rotatable bonds is 9. The highest BCUT2D eigenvalue weighted by Gasteiger charge is 2.22. The number of aryl methyl sites for hydroxylation is 1. The van der Waals surface area contributed by atoms with Crippen LogP contribution in [0.15, 0.2) is 36.4 Å². The van der Waals surface area contributed by atoms with Crippen molar-refractivity contribution >= 4 is 38.0 Å². The molecular weight excluding hydrogens is 420 g/mol. The first-order valence-corrected chi connectivity index (χ1v) is 13.6. The molecule has 4 heteroatoms. The first-order chi connectivity index (χ1) is 15.2. The van der Waals surface area contributed by atoms with Gasteiger partial charge in [0.05, 0.1) is 4.01 Å². The molecule has 1 fully saturated rings. The fourth-order valence-corrected chi connectivity index (χ4v) is 7.23. The van der Waals surface area contributed by atoms with Crippen molar-refractivity contribution < 1.29 is 9.53 Å². The van der Waals surface area contributed by atoms with Crippen molar-refractivity contribution in [3.63, 3.8) is 0 Å². The van der Waals surface area contributed by atoms with Gasteiger partial charge in [-0.25, -0.2) is 4.79 Å². The third-order valence-electron chi connectivity index (χ3n) is 6.60. The molecule has 31 heavy (non-hydrogen) atoms. The summed E-state index contributed by atoms with van der Waals surface area (Å²) in [6, 6.07) is 12.5. The monoisotopic (exact) mass is 454 g/mol. The van der Waals surface area contributed by atoms with Gasteiger partial charge in [-0.2, -0.15) is 0 Å². The van der Waals surface area contributed by atoms with Crippen LogP contribution < -0.4 is 4.74 Å². The minimum Gasteiger partial charge on any atom is -0.422 e. The van der Waals surface area contributed by atoms with Gasteiger partial charge in [0.15, 0.2) is 0 Å². The third kappa shape index (κ3) is 5.78. The van der Waals surface area contributed by atoms with Crippen LogP contribution in [0.1, 0.15) is 97.7 Å². The molecule has 0 aliphatic heterocycles. The van der Waals surface area contributed by atoms with Gasteiger partial charge < -0.3 is 4.74 Å². The number of esters is 1. The van der Waals surface area contributed by atoms with Crippen molar-refractivity contribution in [2.24, 2.45) is 5.92 Å². The standard InChI is InChI=1S/C27H34O2S2/c1-3-5-6-8-24-17-22-18-25(31-27(22)30-24)26(28)29-23-15-13-21(14-16-23)20-11-9-19(7-4-2)10-12-20/h13-20H,3-12H2,1-2H3. The normalized spacial score (nSPS) is 19.0. The van der Waals surface area contributed by atoms with Gasteiger partial charge in [0.2, 0.25) is 0 Å². The molecule has 0 amide bonds. The number of fused-ring (bicyclic) bond motifs is 1. The molecule has 4 rings (SSSR count). The van der Waals surface area contributed by atoms with Gasteiger partial charge in [0.1, 0.15) is 10.6 Å². The Balaban J connectivity index is 1.32. The van der Waals surface area contributed by atoms with Gasteiger partial charge in [0, 0.05) is 10.3 Å². The van der Waals surface area contributed by atoms with Gasteiger partial charge in [0.25, 0.3) is 0 Å². The minimum atomic E-state index is -0.242. The van der Waals surface area contributed by atoms with E-state index in [1.807, 2.05) is 29.5 Å². The lowest BCUT2D eigenvalue weighted by Gasteiger charge is -2.28. The van der Waals surface area contributed by atoms with Crippen LogP contribution >= 0.6 is 22.7 Å². The van der Waals surface area contributed by atoms with Gasteiger partial charge in [-0.1, -0.05) is 51.7 Å². The minimum absolute atomic E-state index is 0.242. The molecule has 0 N–H and O–H groups in total. The highest BCUT2D eigenvalue weighted by molar-refractivity contribution is 7.39. The van der Waals surface area contributed by atoms with E-state index >= 15 is 0 Å². The molecule has 1 aromatic carbocycles. The number of ether oxygens (including phenoxy) is 1. The maximum absolute atomic E-state index is 12.7. The highest BCUT2D eigenvalue weighted by Crippen LogP contribution is 2.38. The maximum atomic E-state index is 12.7. The zero-order valence-electron chi connectivity index (χ0n) is 18.8. The first-order valence-electron chi connectivity index (χ1n) is 12.0. The molecule has 3 aromatic rings. The molecule has 2 aromatic heterocycles. The van der Waals surface area contributed by atoms with Crippen LogP contribution in [0.4, 0.5) is 0 Å². The van der Waals surface area contributed by atoms with Crippen LogP contribution in [0.3, 0.4) is 0 Å². The summed E-state index contributed by atoms with van der Waals surface area (Å²) in [4.78, 5) is 14.8. The lowest BCUT2D eigenvalue weighted by atomic mass is 9.77. The molecule has 0 spiro atoms. The van der Waals surface area contributed by atoms with Crippen molar-refractivity contribution in [2.45, 2.75) is 84.0 Å². The molecular formula is C27H34O2S2. The number of hydrogen-bond donors (Lipinski definition) is 0. The van der Waals surface area contributed by atoms with Gasteiger partial charge in [-0.05, 0) is 80.2 Å². The zero-order valence-corrected chi connectivity index (χ0v) is 20.5. The van der Waals surface area contributed by atoms with Crippen molar-refractivity contribution in [2.75, 3.05) is 0 Å². The molecule has 2 heterocycles. The predicted octanol–water partition coefficient (Wildman–Crippen LogP) is 8.99. The van der Waals surface area contributed by atoms with Crippen LogP contribution in [0.2, 0.25) is 0 Å². The molecule has 0 radical (unpaired) electrons. The van der Waals surface area contributed by atoms with Gasteiger partial charge in [-0.3, -0.25) is 0 Å². The number of thiophene rings is 2. The summed E-state index contributed by atoms with van der Waals surface area (Å²) in [6.07, 6.45) is 12.9. The Bertz CT molecular complexity index is 943. The Morgan fingerprint density at radius 2 is 1.74 bits per heavy atom. The molecule has 1 saturated carbocycles. The van der Waals surface area contributed by atoms with Gasteiger partial charge >= 0.3 is 5.97 Å². The Hall–Kier alpha value is -1.65. The van der Waals surface area contributed by atoms with E-state index in [1.54, 1.807) is 11.3 Å². The van der Waals surface area contributed by atoms with Gasteiger partial charge in [-0.15, -0.1) is 22.7 Å². The van der Waals surface area contributed by atoms with E-state index in [-0.39, 0.29) is 5.97 Å². The molecule has 0 bridgehead atoms. The number of hydrogen-bond acceptors (Lipinski definition) is 4. The molecule has 0 saturated heterocycles. The maximum Gasteiger partial charge on any atom is 0.353 e. The highest BCUT2D eigenvalue weighted by atomic mass is 32.2. The third-order valence-corrected chi connectivity index (χ3v) is 9.03. The van der Waals surface area contributed by atoms with E-state index in [2.05, 4.69) is 32.0 Å². The summed E-state index contributed by atoms with van der Waals surface area (Å²) in [7, 11) is 0. The van der Waals surface area contributed by atoms with Crippen molar-refractivity contribution in [3.05, 3.63) is 51.7 Å². The first kappa shape index (κ1) is 22.5. The number of benzene rings is 1. The van der Waals surface area contributed by atoms with Crippen LogP contribution in [-0.4, -0.2) is 5.97 Å². The number of carbonyl (C=O) groups excluding carboxylic acids is 1. The Kier molecular flexibility index (Phi) is 7.84. The second-order valence-electron chi connectivity index (χ2n) is 8.99. The van der Waals surface area contributed by atoms with E-state index in [0.717, 1.165) is 12.3 Å². The van der Waals surface area contributed by atoms with E-state index in [4.69, 9.17) is 4.74 Å². The van der Waals surface area contributed by atoms with E-state index in [9.17, 15) is 4.79 Å². The van der Waals surface area contributed by atoms with Crippen LogP contribution in [-0.2, 0) is 6.42 Å². The van der Waals surface area contributed by atoms with Crippen molar-refractivity contribution in [3.8, 4) is 5.75 Å². The van der Waals surface area contributed by atoms with Crippen LogP contribution in [0.5, 0.6) is 5.75 Å². The molecule has 1 aliphatic carbocycles. The molecule has 166 valence electrons. The lowest BCUT2D eigenvalue weighted by Crippen LogP contribution is -2.13. The Morgan fingerprint density at radius 1 is 0.968 bits per heavy atom. The topological polar surface area (TPSA) is 26.3 Å². The summed E-state index contributed by atoms with van der Waals surface area (Å²) in [6.45, 7) is 4.52. The summed E-state index contributed by atoms with van der Waals surface area (Å²) >= 11 is 3.38. The predicted molar refractivity (Wildman–Crippen MR) is 134 cm³/mol. The van der Waals surface area contributed by atoms with Crippen molar-refractivity contribution in [1.29, 1.82) is 0 Å². The Morgan fingerprint density at radius 3 is 2.42 bits per heavy atom. The van der Waals surface area contributed by atoms with E-state index in [0.29, 0.717) is 16.5 Å². The SMILES string of the molecule is CCCCCc1cc2cc(C(=O)Oc3ccc(C4CCC(CCC)CC4)cc3)sc2s1. The summed E-state index contributed by atoms with van der Waals surface area (Å²) < 4.78 is 6.91. The van der Waals surface area contributed by atoms with E-state index < -0.39 is 0 Å². The largest absolute Gasteiger partial charge is 0.422 e. The zero-order chi connectivity index (χ0) is 21.6. The number of carbonyl (C=O) groups is 1. The summed E-state index contributed by atoms with van der Waals surface area (Å²) in [5, 5.41) is 1.18. The molecule has 0 unspecified atom stereocenters. The molecule has 0 atom stereocenters. The lowest BCUT2D eigenvalue weighted by molar-refractivity contribution is 0.0740. The smallest absolute Gasteiger partial charge is 0.353 e. The fraction of sp³-hybridized carbons (Fsp3) is 0.519. The molecule has 2 nitrogen and oxygen atoms in total.